The van der Waals surface area contributed by atoms with Crippen molar-refractivity contribution in [3.8, 4) is 22.6 Å². The van der Waals surface area contributed by atoms with Gasteiger partial charge in [-0.3, -0.25) is 4.68 Å². The maximum Gasteiger partial charge on any atom is 0.220 e. The molecule has 8 nitrogen and oxygen atoms in total. The number of benzene rings is 2. The van der Waals surface area contributed by atoms with Gasteiger partial charge in [-0.25, -0.2) is 23.7 Å². The molecule has 0 aliphatic heterocycles. The summed E-state index contributed by atoms with van der Waals surface area (Å²) in [4.78, 5) is 12.1. The second-order valence-corrected chi connectivity index (χ2v) is 6.48. The topological polar surface area (TPSA) is 112 Å². The van der Waals surface area contributed by atoms with E-state index in [4.69, 9.17) is 22.1 Å². The molecule has 11 heteroatoms. The van der Waals surface area contributed by atoms with E-state index in [0.717, 1.165) is 12.1 Å². The van der Waals surface area contributed by atoms with Crippen molar-refractivity contribution < 1.29 is 18.6 Å². The number of hydrogen-bond acceptors (Lipinski definition) is 7. The molecule has 0 aliphatic rings. The van der Waals surface area contributed by atoms with Crippen LogP contribution in [0, 0.1) is 11.6 Å². The molecule has 0 atom stereocenters. The Bertz CT molecular complexity index is 1250. The summed E-state index contributed by atoms with van der Waals surface area (Å²) in [5.74, 6) is -1.80. The quantitative estimate of drug-likeness (QED) is 0.489. The van der Waals surface area contributed by atoms with Crippen LogP contribution in [0.5, 0.6) is 11.5 Å². The number of nitrogens with zero attached hydrogens (tertiary/aromatic N) is 5. The van der Waals surface area contributed by atoms with Crippen molar-refractivity contribution in [2.45, 2.75) is 6.61 Å². The van der Waals surface area contributed by atoms with Crippen LogP contribution in [0.2, 0.25) is 5.02 Å². The van der Waals surface area contributed by atoms with Crippen molar-refractivity contribution in [2.75, 3.05) is 5.73 Å². The molecule has 0 saturated heterocycles. The zero-order chi connectivity index (χ0) is 20.7. The fraction of sp³-hybridized carbons (Fsp3) is 0.111. The predicted octanol–water partition coefficient (Wildman–Crippen LogP) is 3.22. The Morgan fingerprint density at radius 1 is 1.28 bits per heavy atom. The molecule has 29 heavy (non-hydrogen) atoms. The summed E-state index contributed by atoms with van der Waals surface area (Å²) in [5.41, 5.74) is 5.64. The number of phenols is 1. The van der Waals surface area contributed by atoms with Crippen LogP contribution in [0.25, 0.3) is 22.0 Å². The van der Waals surface area contributed by atoms with Crippen LogP contribution in [0.15, 0.2) is 30.7 Å². The van der Waals surface area contributed by atoms with E-state index in [1.54, 1.807) is 7.05 Å². The van der Waals surface area contributed by atoms with Crippen molar-refractivity contribution in [3.63, 3.8) is 0 Å². The first-order valence-corrected chi connectivity index (χ1v) is 8.62. The van der Waals surface area contributed by atoms with Gasteiger partial charge in [-0.2, -0.15) is 5.10 Å². The molecule has 0 radical (unpaired) electrons. The van der Waals surface area contributed by atoms with Crippen molar-refractivity contribution in [3.05, 3.63) is 53.2 Å². The third-order valence-corrected chi connectivity index (χ3v) is 4.49. The Hall–Kier alpha value is -3.53. The highest BCUT2D eigenvalue weighted by Gasteiger charge is 2.22. The Morgan fingerprint density at radius 2 is 2.07 bits per heavy atom. The summed E-state index contributed by atoms with van der Waals surface area (Å²) >= 11 is 5.69. The number of nitrogen functional groups attached to an aromatic ring is 1. The number of aryl methyl sites for hydroxylation is 1. The van der Waals surface area contributed by atoms with E-state index < -0.39 is 16.7 Å². The van der Waals surface area contributed by atoms with Crippen LogP contribution in [0.4, 0.5) is 14.7 Å². The average molecular weight is 419 g/mol. The van der Waals surface area contributed by atoms with E-state index in [-0.39, 0.29) is 40.7 Å². The first kappa shape index (κ1) is 18.8. The normalized spacial score (nSPS) is 11.2. The van der Waals surface area contributed by atoms with Gasteiger partial charge in [-0.15, -0.1) is 0 Å². The van der Waals surface area contributed by atoms with Crippen LogP contribution in [0.1, 0.15) is 5.82 Å². The van der Waals surface area contributed by atoms with Crippen LogP contribution in [-0.2, 0) is 13.7 Å². The molecule has 3 N–H and O–H groups in total. The smallest absolute Gasteiger partial charge is 0.220 e. The summed E-state index contributed by atoms with van der Waals surface area (Å²) in [6.45, 7) is 0.00976. The lowest BCUT2D eigenvalue weighted by Crippen LogP contribution is -2.02. The van der Waals surface area contributed by atoms with Gasteiger partial charge in [0, 0.05) is 24.9 Å². The molecule has 0 spiro atoms. The fourth-order valence-corrected chi connectivity index (χ4v) is 3.02. The summed E-state index contributed by atoms with van der Waals surface area (Å²) in [5, 5.41) is 14.4. The molecular formula is C18H13ClF2N6O2. The number of phenolic OH excluding ortho intramolecular Hbond substituents is 1. The lowest BCUT2D eigenvalue weighted by atomic mass is 10.00. The number of hydrogen-bond donors (Lipinski definition) is 2. The highest BCUT2D eigenvalue weighted by molar-refractivity contribution is 6.31. The molecule has 0 bridgehead atoms. The van der Waals surface area contributed by atoms with Gasteiger partial charge >= 0.3 is 0 Å². The minimum absolute atomic E-state index is 0.00976. The van der Waals surface area contributed by atoms with Gasteiger partial charge in [-0.1, -0.05) is 11.6 Å². The molecule has 148 valence electrons. The molecule has 4 aromatic rings. The minimum Gasteiger partial charge on any atom is -0.507 e. The molecule has 2 aromatic heterocycles. The summed E-state index contributed by atoms with van der Waals surface area (Å²) in [7, 11) is 1.71. The molecule has 0 fully saturated rings. The van der Waals surface area contributed by atoms with E-state index in [2.05, 4.69) is 20.1 Å². The minimum atomic E-state index is -1.04. The second-order valence-electron chi connectivity index (χ2n) is 6.11. The highest BCUT2D eigenvalue weighted by atomic mass is 35.5. The van der Waals surface area contributed by atoms with Gasteiger partial charge in [0.05, 0.1) is 16.5 Å². The highest BCUT2D eigenvalue weighted by Crippen LogP contribution is 2.43. The number of nitrogens with two attached hydrogens (primary N) is 1. The first-order valence-electron chi connectivity index (χ1n) is 8.24. The van der Waals surface area contributed by atoms with Gasteiger partial charge < -0.3 is 15.6 Å². The lowest BCUT2D eigenvalue weighted by Gasteiger charge is -2.14. The third kappa shape index (κ3) is 3.38. The summed E-state index contributed by atoms with van der Waals surface area (Å²) in [6, 6.07) is 3.42. The number of fused-ring (bicyclic) bond motifs is 1. The average Bonchev–Trinajstić information content (AvgIpc) is 3.10. The number of aromatic nitrogens is 5. The molecule has 4 rings (SSSR count). The van der Waals surface area contributed by atoms with Crippen LogP contribution in [-0.4, -0.2) is 29.8 Å². The Balaban J connectivity index is 1.88. The number of anilines is 1. The van der Waals surface area contributed by atoms with Gasteiger partial charge in [0.25, 0.3) is 0 Å². The number of aromatic hydroxyl groups is 1. The van der Waals surface area contributed by atoms with Gasteiger partial charge in [0.1, 0.15) is 35.3 Å². The maximum absolute atomic E-state index is 14.6. The van der Waals surface area contributed by atoms with Gasteiger partial charge in [0.15, 0.2) is 11.6 Å². The second kappa shape index (κ2) is 7.13. The Kier molecular flexibility index (Phi) is 4.63. The summed E-state index contributed by atoms with van der Waals surface area (Å²) < 4.78 is 35.4. The molecular weight excluding hydrogens is 406 g/mol. The standard InChI is InChI=1S/C18H13ClF2N6O2/c1-27-7-24-13(26-27)6-29-12-4-11(28)14(17-9(12)5-23-18(22)25-17)8-2-3-10(20)15(19)16(8)21/h2-5,7,28H,6H2,1H3,(H2,22,23,25). The van der Waals surface area contributed by atoms with Gasteiger partial charge in [0.2, 0.25) is 5.95 Å². The SMILES string of the molecule is Cn1cnc(COc2cc(O)c(-c3ccc(F)c(Cl)c3F)c3nc(N)ncc23)n1. The predicted molar refractivity (Wildman–Crippen MR) is 101 cm³/mol. The maximum atomic E-state index is 14.6. The Morgan fingerprint density at radius 3 is 2.79 bits per heavy atom. The van der Waals surface area contributed by atoms with Crippen LogP contribution in [0.3, 0.4) is 0 Å². The number of rotatable bonds is 4. The lowest BCUT2D eigenvalue weighted by molar-refractivity contribution is 0.297. The van der Waals surface area contributed by atoms with Crippen molar-refractivity contribution >= 4 is 28.5 Å². The van der Waals surface area contributed by atoms with Crippen molar-refractivity contribution in [2.24, 2.45) is 7.05 Å². The van der Waals surface area contributed by atoms with E-state index in [1.807, 2.05) is 0 Å². The summed E-state index contributed by atoms with van der Waals surface area (Å²) in [6.07, 6.45) is 2.90. The molecule has 0 unspecified atom stereocenters. The zero-order valence-corrected chi connectivity index (χ0v) is 15.7. The van der Waals surface area contributed by atoms with E-state index in [1.165, 1.54) is 23.3 Å². The molecule has 0 amide bonds. The number of halogens is 3. The van der Waals surface area contributed by atoms with Crippen molar-refractivity contribution in [1.29, 1.82) is 0 Å². The van der Waals surface area contributed by atoms with Crippen LogP contribution >= 0.6 is 11.6 Å². The Labute approximate surface area is 167 Å². The molecule has 2 aromatic carbocycles. The number of ether oxygens (including phenoxy) is 1. The molecule has 0 saturated carbocycles. The van der Waals surface area contributed by atoms with E-state index in [9.17, 15) is 13.9 Å². The van der Waals surface area contributed by atoms with Crippen molar-refractivity contribution in [1.82, 2.24) is 24.7 Å². The largest absolute Gasteiger partial charge is 0.507 e. The molecule has 2 heterocycles. The third-order valence-electron chi connectivity index (χ3n) is 4.14. The van der Waals surface area contributed by atoms with E-state index in [0.29, 0.717) is 11.2 Å². The monoisotopic (exact) mass is 418 g/mol. The van der Waals surface area contributed by atoms with Gasteiger partial charge in [-0.05, 0) is 12.1 Å². The van der Waals surface area contributed by atoms with E-state index >= 15 is 0 Å². The fourth-order valence-electron chi connectivity index (χ4n) is 2.86. The molecule has 0 aliphatic carbocycles. The van der Waals surface area contributed by atoms with Crippen LogP contribution < -0.4 is 10.5 Å². The first-order chi connectivity index (χ1) is 13.8. The zero-order valence-electron chi connectivity index (χ0n) is 14.9.